The Hall–Kier alpha value is -2.32. The van der Waals surface area contributed by atoms with E-state index in [0.29, 0.717) is 11.3 Å². The molecule has 0 aromatic heterocycles. The molecule has 0 radical (unpaired) electrons. The number of rotatable bonds is 7. The normalized spacial score (nSPS) is 11.0. The van der Waals surface area contributed by atoms with E-state index < -0.39 is 10.0 Å². The van der Waals surface area contributed by atoms with Gasteiger partial charge in [-0.3, -0.25) is 14.3 Å². The van der Waals surface area contributed by atoms with Gasteiger partial charge in [-0.15, -0.1) is 0 Å². The molecule has 0 atom stereocenters. The first kappa shape index (κ1) is 20.0. The number of hydrogen-bond donors (Lipinski definition) is 1. The summed E-state index contributed by atoms with van der Waals surface area (Å²) in [4.78, 5) is 24.9. The first-order chi connectivity index (χ1) is 12.2. The SMILES string of the molecule is CC(=O)SCC(=O)c1ccc(NS(=O)(=O)c2ccc(N(C)C)cc2)cc1. The lowest BCUT2D eigenvalue weighted by Crippen LogP contribution is -2.14. The topological polar surface area (TPSA) is 83.5 Å². The second kappa shape index (κ2) is 8.37. The largest absolute Gasteiger partial charge is 0.378 e. The summed E-state index contributed by atoms with van der Waals surface area (Å²) in [5, 5.41) is -0.122. The van der Waals surface area contributed by atoms with Crippen LogP contribution in [0.15, 0.2) is 53.4 Å². The van der Waals surface area contributed by atoms with E-state index in [2.05, 4.69) is 4.72 Å². The quantitative estimate of drug-likeness (QED) is 0.729. The predicted octanol–water partition coefficient (Wildman–Crippen LogP) is 3.02. The van der Waals surface area contributed by atoms with E-state index >= 15 is 0 Å². The molecule has 0 aliphatic heterocycles. The van der Waals surface area contributed by atoms with Crippen molar-refractivity contribution in [3.63, 3.8) is 0 Å². The molecular formula is C18H20N2O4S2. The van der Waals surface area contributed by atoms with Gasteiger partial charge in [0.1, 0.15) is 0 Å². The van der Waals surface area contributed by atoms with Gasteiger partial charge in [0, 0.05) is 38.0 Å². The van der Waals surface area contributed by atoms with Crippen molar-refractivity contribution in [3.05, 3.63) is 54.1 Å². The van der Waals surface area contributed by atoms with Crippen LogP contribution in [0, 0.1) is 0 Å². The van der Waals surface area contributed by atoms with Gasteiger partial charge < -0.3 is 4.90 Å². The number of ketones is 1. The Bertz CT molecular complexity index is 890. The Morgan fingerprint density at radius 3 is 2.08 bits per heavy atom. The Kier molecular flexibility index (Phi) is 6.44. The summed E-state index contributed by atoms with van der Waals surface area (Å²) >= 11 is 0.945. The number of nitrogens with zero attached hydrogens (tertiary/aromatic N) is 1. The molecule has 2 aromatic rings. The van der Waals surface area contributed by atoms with Gasteiger partial charge in [-0.25, -0.2) is 8.42 Å². The highest BCUT2D eigenvalue weighted by Crippen LogP contribution is 2.20. The Labute approximate surface area is 157 Å². The van der Waals surface area contributed by atoms with E-state index in [1.54, 1.807) is 12.1 Å². The van der Waals surface area contributed by atoms with Gasteiger partial charge in [-0.2, -0.15) is 0 Å². The number of Topliss-reactive ketones (excluding diaryl/α,β-unsaturated/α-hetero) is 1. The van der Waals surface area contributed by atoms with Gasteiger partial charge in [0.15, 0.2) is 10.9 Å². The molecule has 0 amide bonds. The summed E-state index contributed by atoms with van der Waals surface area (Å²) in [5.74, 6) is -0.114. The lowest BCUT2D eigenvalue weighted by Gasteiger charge is -2.13. The van der Waals surface area contributed by atoms with Crippen LogP contribution in [0.4, 0.5) is 11.4 Å². The number of sulfonamides is 1. The third-order valence-electron chi connectivity index (χ3n) is 3.53. The highest BCUT2D eigenvalue weighted by Gasteiger charge is 2.15. The number of thioether (sulfide) groups is 1. The van der Waals surface area contributed by atoms with E-state index in [-0.39, 0.29) is 21.5 Å². The second-order valence-electron chi connectivity index (χ2n) is 5.77. The van der Waals surface area contributed by atoms with Crippen molar-refractivity contribution in [3.8, 4) is 0 Å². The van der Waals surface area contributed by atoms with E-state index in [4.69, 9.17) is 0 Å². The van der Waals surface area contributed by atoms with Crippen LogP contribution in [-0.4, -0.2) is 39.2 Å². The van der Waals surface area contributed by atoms with Crippen molar-refractivity contribution in [2.75, 3.05) is 29.5 Å². The highest BCUT2D eigenvalue weighted by molar-refractivity contribution is 8.14. The molecule has 6 nitrogen and oxygen atoms in total. The zero-order valence-corrected chi connectivity index (χ0v) is 16.4. The predicted molar refractivity (Wildman–Crippen MR) is 105 cm³/mol. The Balaban J connectivity index is 2.09. The fraction of sp³-hybridized carbons (Fsp3) is 0.222. The van der Waals surface area contributed by atoms with Gasteiger partial charge in [-0.1, -0.05) is 11.8 Å². The van der Waals surface area contributed by atoms with Crippen molar-refractivity contribution in [1.82, 2.24) is 0 Å². The monoisotopic (exact) mass is 392 g/mol. The van der Waals surface area contributed by atoms with Gasteiger partial charge >= 0.3 is 0 Å². The molecule has 8 heteroatoms. The number of carbonyl (C=O) groups excluding carboxylic acids is 2. The molecule has 0 aliphatic carbocycles. The average Bonchev–Trinajstić information content (AvgIpc) is 2.60. The molecular weight excluding hydrogens is 372 g/mol. The van der Waals surface area contributed by atoms with Crippen LogP contribution in [-0.2, 0) is 14.8 Å². The summed E-state index contributed by atoms with van der Waals surface area (Å²) in [7, 11) is 0.0365. The molecule has 0 fully saturated rings. The molecule has 0 heterocycles. The number of nitrogens with one attached hydrogen (secondary N) is 1. The molecule has 0 saturated carbocycles. The van der Waals surface area contributed by atoms with Crippen LogP contribution in [0.2, 0.25) is 0 Å². The summed E-state index contributed by atoms with van der Waals surface area (Å²) in [6.45, 7) is 1.40. The van der Waals surface area contributed by atoms with Crippen molar-refractivity contribution in [2.24, 2.45) is 0 Å². The lowest BCUT2D eigenvalue weighted by molar-refractivity contribution is -0.109. The molecule has 26 heavy (non-hydrogen) atoms. The minimum atomic E-state index is -3.71. The summed E-state index contributed by atoms with van der Waals surface area (Å²) in [6, 6.07) is 12.6. The standard InChI is InChI=1S/C18H20N2O4S2/c1-13(21)25-12-18(22)14-4-6-15(7-5-14)19-26(23,24)17-10-8-16(9-11-17)20(2)3/h4-11,19H,12H2,1-3H3. The van der Waals surface area contributed by atoms with Crippen LogP contribution in [0.25, 0.3) is 0 Å². The first-order valence-electron chi connectivity index (χ1n) is 7.76. The fourth-order valence-corrected chi connectivity index (χ4v) is 3.67. The summed E-state index contributed by atoms with van der Waals surface area (Å²) < 4.78 is 27.4. The number of benzene rings is 2. The van der Waals surface area contributed by atoms with Crippen LogP contribution >= 0.6 is 11.8 Å². The Morgan fingerprint density at radius 1 is 1.00 bits per heavy atom. The molecule has 0 saturated heterocycles. The van der Waals surface area contributed by atoms with E-state index in [1.165, 1.54) is 43.3 Å². The van der Waals surface area contributed by atoms with Gasteiger partial charge in [-0.05, 0) is 48.5 Å². The van der Waals surface area contributed by atoms with Crippen molar-refractivity contribution in [2.45, 2.75) is 11.8 Å². The maximum Gasteiger partial charge on any atom is 0.261 e. The third-order valence-corrected chi connectivity index (χ3v) is 5.74. The van der Waals surface area contributed by atoms with E-state index in [1.807, 2.05) is 19.0 Å². The zero-order chi connectivity index (χ0) is 19.3. The van der Waals surface area contributed by atoms with Crippen molar-refractivity contribution in [1.29, 1.82) is 0 Å². The van der Waals surface area contributed by atoms with Crippen LogP contribution in [0.5, 0.6) is 0 Å². The van der Waals surface area contributed by atoms with Gasteiger partial charge in [0.2, 0.25) is 0 Å². The molecule has 1 N–H and O–H groups in total. The van der Waals surface area contributed by atoms with Gasteiger partial charge in [0.05, 0.1) is 10.6 Å². The molecule has 0 spiro atoms. The van der Waals surface area contributed by atoms with E-state index in [9.17, 15) is 18.0 Å². The molecule has 0 aliphatic rings. The lowest BCUT2D eigenvalue weighted by atomic mass is 10.1. The minimum absolute atomic E-state index is 0.0681. The summed E-state index contributed by atoms with van der Waals surface area (Å²) in [6.07, 6.45) is 0. The molecule has 0 bridgehead atoms. The summed E-state index contributed by atoms with van der Waals surface area (Å²) in [5.41, 5.74) is 1.68. The molecule has 2 aromatic carbocycles. The fourth-order valence-electron chi connectivity index (χ4n) is 2.11. The number of anilines is 2. The van der Waals surface area contributed by atoms with Crippen LogP contribution < -0.4 is 9.62 Å². The maximum absolute atomic E-state index is 12.4. The Morgan fingerprint density at radius 2 is 1.58 bits per heavy atom. The van der Waals surface area contributed by atoms with Crippen LogP contribution in [0.3, 0.4) is 0 Å². The molecule has 2 rings (SSSR count). The average molecular weight is 393 g/mol. The maximum atomic E-state index is 12.4. The smallest absolute Gasteiger partial charge is 0.261 e. The first-order valence-corrected chi connectivity index (χ1v) is 10.2. The second-order valence-corrected chi connectivity index (χ2v) is 8.61. The minimum Gasteiger partial charge on any atom is -0.378 e. The number of hydrogen-bond acceptors (Lipinski definition) is 6. The van der Waals surface area contributed by atoms with E-state index in [0.717, 1.165) is 17.4 Å². The number of carbonyl (C=O) groups is 2. The molecule has 138 valence electrons. The third kappa shape index (κ3) is 5.34. The van der Waals surface area contributed by atoms with Crippen molar-refractivity contribution >= 4 is 44.1 Å². The zero-order valence-electron chi connectivity index (χ0n) is 14.7. The molecule has 0 unspecified atom stereocenters. The van der Waals surface area contributed by atoms with Crippen molar-refractivity contribution < 1.29 is 18.0 Å². The highest BCUT2D eigenvalue weighted by atomic mass is 32.2. The van der Waals surface area contributed by atoms with Gasteiger partial charge in [0.25, 0.3) is 10.0 Å². The van der Waals surface area contributed by atoms with Crippen LogP contribution in [0.1, 0.15) is 17.3 Å².